The van der Waals surface area contributed by atoms with E-state index >= 15 is 0 Å². The second-order valence-corrected chi connectivity index (χ2v) is 8.24. The summed E-state index contributed by atoms with van der Waals surface area (Å²) < 4.78 is 6.19. The fourth-order valence-corrected chi connectivity index (χ4v) is 4.04. The van der Waals surface area contributed by atoms with Gasteiger partial charge in [0.05, 0.1) is 11.7 Å². The van der Waals surface area contributed by atoms with Crippen LogP contribution in [-0.4, -0.2) is 23.8 Å². The number of amides is 4. The van der Waals surface area contributed by atoms with Crippen LogP contribution in [0.5, 0.6) is 0 Å². The van der Waals surface area contributed by atoms with Crippen molar-refractivity contribution in [3.8, 4) is 11.3 Å². The van der Waals surface area contributed by atoms with Gasteiger partial charge in [-0.1, -0.05) is 24.3 Å². The first-order valence-corrected chi connectivity index (χ1v) is 10.6. The molecule has 2 heterocycles. The maximum absolute atomic E-state index is 13.1. The molecule has 0 bridgehead atoms. The van der Waals surface area contributed by atoms with E-state index in [9.17, 15) is 24.3 Å². The van der Waals surface area contributed by atoms with Gasteiger partial charge in [-0.15, -0.1) is 0 Å². The lowest BCUT2D eigenvalue weighted by Crippen LogP contribution is -2.54. The van der Waals surface area contributed by atoms with E-state index in [0.29, 0.717) is 10.2 Å². The molecular weight excluding hydrogens is 492 g/mol. The van der Waals surface area contributed by atoms with Crippen LogP contribution in [0.4, 0.5) is 10.5 Å². The fourth-order valence-electron chi connectivity index (χ4n) is 3.41. The normalized spacial score (nSPS) is 15.2. The first-order valence-electron chi connectivity index (χ1n) is 9.76. The Morgan fingerprint density at radius 1 is 1.06 bits per heavy atom. The summed E-state index contributed by atoms with van der Waals surface area (Å²) in [6.07, 6.45) is 1.21. The topological polar surface area (TPSA) is 120 Å². The summed E-state index contributed by atoms with van der Waals surface area (Å²) in [4.78, 5) is 50.3. The average molecular weight is 508 g/mol. The van der Waals surface area contributed by atoms with Gasteiger partial charge in [0, 0.05) is 15.6 Å². The highest BCUT2D eigenvalue weighted by Crippen LogP contribution is 2.32. The van der Waals surface area contributed by atoms with E-state index in [1.165, 1.54) is 24.3 Å². The fraction of sp³-hybridized carbons (Fsp3) is 0.0833. The molecule has 166 valence electrons. The Kier molecular flexibility index (Phi) is 5.73. The summed E-state index contributed by atoms with van der Waals surface area (Å²) in [5, 5.41) is 13.5. The summed E-state index contributed by atoms with van der Waals surface area (Å²) in [5.74, 6) is -2.70. The van der Waals surface area contributed by atoms with Crippen molar-refractivity contribution >= 4 is 51.5 Å². The van der Waals surface area contributed by atoms with Gasteiger partial charge in [-0.25, -0.2) is 9.69 Å². The number of carboxylic acid groups (broad SMARTS) is 1. The summed E-state index contributed by atoms with van der Waals surface area (Å²) in [6, 6.07) is 11.7. The van der Waals surface area contributed by atoms with E-state index in [4.69, 9.17) is 4.42 Å². The highest BCUT2D eigenvalue weighted by Gasteiger charge is 2.38. The Labute approximate surface area is 196 Å². The van der Waals surface area contributed by atoms with Crippen LogP contribution in [0.3, 0.4) is 0 Å². The number of aryl methyl sites for hydroxylation is 2. The van der Waals surface area contributed by atoms with Gasteiger partial charge in [0.25, 0.3) is 11.8 Å². The van der Waals surface area contributed by atoms with Gasteiger partial charge in [-0.05, 0) is 71.2 Å². The number of rotatable bonds is 4. The molecule has 1 aromatic heterocycles. The molecule has 0 aliphatic carbocycles. The summed E-state index contributed by atoms with van der Waals surface area (Å²) in [7, 11) is 0. The maximum atomic E-state index is 13.1. The molecule has 0 radical (unpaired) electrons. The third-order valence-electron chi connectivity index (χ3n) is 5.23. The summed E-state index contributed by atoms with van der Waals surface area (Å²) >= 11 is 3.37. The van der Waals surface area contributed by atoms with Crippen LogP contribution in [0.15, 0.2) is 63.0 Å². The molecule has 4 amide bonds. The highest BCUT2D eigenvalue weighted by atomic mass is 79.9. The smallest absolute Gasteiger partial charge is 0.335 e. The minimum atomic E-state index is -1.36. The van der Waals surface area contributed by atoms with Crippen LogP contribution in [0.2, 0.25) is 0 Å². The van der Waals surface area contributed by atoms with Crippen molar-refractivity contribution in [2.75, 3.05) is 4.90 Å². The zero-order chi connectivity index (χ0) is 23.9. The number of furan rings is 1. The Hall–Kier alpha value is -3.98. The van der Waals surface area contributed by atoms with Crippen molar-refractivity contribution in [1.29, 1.82) is 0 Å². The van der Waals surface area contributed by atoms with Crippen LogP contribution in [0.25, 0.3) is 17.4 Å². The predicted molar refractivity (Wildman–Crippen MR) is 121 cm³/mol. The predicted octanol–water partition coefficient (Wildman–Crippen LogP) is 3.36. The van der Waals surface area contributed by atoms with Crippen LogP contribution in [0, 0.1) is 13.8 Å². The molecule has 0 saturated carbocycles. The van der Waals surface area contributed by atoms with E-state index in [1.54, 1.807) is 30.3 Å². The summed E-state index contributed by atoms with van der Waals surface area (Å²) in [6.45, 7) is 3.73. The van der Waals surface area contributed by atoms with Gasteiger partial charge in [0.1, 0.15) is 17.1 Å². The lowest BCUT2D eigenvalue weighted by molar-refractivity contribution is -0.255. The molecular formula is C24H16BrN2O6-. The van der Waals surface area contributed by atoms with Crippen molar-refractivity contribution in [1.82, 2.24) is 5.32 Å². The molecule has 0 atom stereocenters. The standard InChI is InChI=1S/C24H17BrN2O6/c1-12-9-18(25)19(10-13(12)2)27-22(29)17(21(28)26-24(27)32)11-14-7-8-20(33-14)15-5-3-4-6-16(15)23(30)31/h3-11H,1-2H3,(H,30,31)(H,26,28,32)/p-1/b17-11+. The van der Waals surface area contributed by atoms with Gasteiger partial charge in [0.2, 0.25) is 0 Å². The summed E-state index contributed by atoms with van der Waals surface area (Å²) in [5.41, 5.74) is 2.03. The zero-order valence-corrected chi connectivity index (χ0v) is 19.1. The molecule has 2 aromatic carbocycles. The number of nitrogens with zero attached hydrogens (tertiary/aromatic N) is 1. The van der Waals surface area contributed by atoms with Gasteiger partial charge in [-0.3, -0.25) is 14.9 Å². The van der Waals surface area contributed by atoms with Crippen LogP contribution in [0.1, 0.15) is 27.2 Å². The molecule has 1 N–H and O–H groups in total. The lowest BCUT2D eigenvalue weighted by atomic mass is 10.1. The first-order chi connectivity index (χ1) is 15.7. The van der Waals surface area contributed by atoms with E-state index in [-0.39, 0.29) is 28.2 Å². The number of hydrogen-bond donors (Lipinski definition) is 1. The number of anilines is 1. The molecule has 33 heavy (non-hydrogen) atoms. The largest absolute Gasteiger partial charge is 0.545 e. The molecule has 0 unspecified atom stereocenters. The van der Waals surface area contributed by atoms with E-state index in [2.05, 4.69) is 21.2 Å². The monoisotopic (exact) mass is 507 g/mol. The zero-order valence-electron chi connectivity index (χ0n) is 17.5. The van der Waals surface area contributed by atoms with Crippen molar-refractivity contribution in [2.45, 2.75) is 13.8 Å². The number of halogens is 1. The van der Waals surface area contributed by atoms with Crippen molar-refractivity contribution in [3.05, 3.63) is 81.0 Å². The van der Waals surface area contributed by atoms with Gasteiger partial charge in [0.15, 0.2) is 0 Å². The number of carboxylic acids is 1. The van der Waals surface area contributed by atoms with Crippen molar-refractivity contribution < 1.29 is 28.7 Å². The molecule has 1 aliphatic heterocycles. The third kappa shape index (κ3) is 4.10. The number of benzene rings is 2. The molecule has 0 spiro atoms. The minimum Gasteiger partial charge on any atom is -0.545 e. The van der Waals surface area contributed by atoms with E-state index in [0.717, 1.165) is 16.0 Å². The van der Waals surface area contributed by atoms with Gasteiger partial charge in [-0.2, -0.15) is 0 Å². The van der Waals surface area contributed by atoms with Crippen molar-refractivity contribution in [3.63, 3.8) is 0 Å². The third-order valence-corrected chi connectivity index (χ3v) is 5.87. The second-order valence-electron chi connectivity index (χ2n) is 7.38. The maximum Gasteiger partial charge on any atom is 0.335 e. The number of barbiturate groups is 1. The molecule has 8 nitrogen and oxygen atoms in total. The van der Waals surface area contributed by atoms with Gasteiger partial charge >= 0.3 is 6.03 Å². The molecule has 3 aromatic rings. The Morgan fingerprint density at radius 3 is 2.48 bits per heavy atom. The number of hydrogen-bond acceptors (Lipinski definition) is 6. The Bertz CT molecular complexity index is 1370. The number of imide groups is 2. The van der Waals surface area contributed by atoms with Crippen molar-refractivity contribution in [2.24, 2.45) is 0 Å². The number of nitrogens with one attached hydrogen (secondary N) is 1. The molecule has 9 heteroatoms. The Morgan fingerprint density at radius 2 is 1.76 bits per heavy atom. The number of aromatic carboxylic acids is 1. The SMILES string of the molecule is Cc1cc(Br)c(N2C(=O)NC(=O)/C(=C\c3ccc(-c4ccccc4C(=O)[O-])o3)C2=O)cc1C. The molecule has 1 aliphatic rings. The Balaban J connectivity index is 1.73. The molecule has 1 saturated heterocycles. The average Bonchev–Trinajstić information content (AvgIpc) is 3.23. The molecule has 1 fully saturated rings. The first kappa shape index (κ1) is 22.2. The van der Waals surface area contributed by atoms with Gasteiger partial charge < -0.3 is 14.3 Å². The van der Waals surface area contributed by atoms with E-state index in [1.807, 2.05) is 13.8 Å². The molecule has 4 rings (SSSR count). The van der Waals surface area contributed by atoms with Crippen LogP contribution < -0.4 is 15.3 Å². The lowest BCUT2D eigenvalue weighted by Gasteiger charge is -2.27. The second kappa shape index (κ2) is 8.51. The van der Waals surface area contributed by atoms with Crippen LogP contribution >= 0.6 is 15.9 Å². The highest BCUT2D eigenvalue weighted by molar-refractivity contribution is 9.10. The number of carbonyl (C=O) groups excluding carboxylic acids is 4. The quantitative estimate of drug-likeness (QED) is 0.427. The van der Waals surface area contributed by atoms with E-state index < -0.39 is 23.8 Å². The van der Waals surface area contributed by atoms with Crippen LogP contribution in [-0.2, 0) is 9.59 Å². The number of carbonyl (C=O) groups is 4. The number of urea groups is 1. The minimum absolute atomic E-state index is 0.0612.